The molecule has 2 fully saturated rings. The van der Waals surface area contributed by atoms with Gasteiger partial charge in [-0.1, -0.05) is 0 Å². The largest absolute Gasteiger partial charge is 0.465 e. The lowest BCUT2D eigenvalue weighted by Crippen LogP contribution is -2.58. The molecule has 0 aromatic carbocycles. The van der Waals surface area contributed by atoms with Gasteiger partial charge >= 0.3 is 6.09 Å². The van der Waals surface area contributed by atoms with Crippen LogP contribution in [0.3, 0.4) is 0 Å². The molecule has 8 nitrogen and oxygen atoms in total. The van der Waals surface area contributed by atoms with Crippen molar-refractivity contribution in [3.05, 3.63) is 0 Å². The molecule has 0 spiro atoms. The third-order valence-electron chi connectivity index (χ3n) is 3.95. The number of nitrogens with zero attached hydrogens (tertiary/aromatic N) is 2. The van der Waals surface area contributed by atoms with Crippen LogP contribution in [0.4, 0.5) is 4.79 Å². The molecule has 21 heavy (non-hydrogen) atoms. The molecule has 0 aromatic heterocycles. The number of aliphatic hydroxyl groups excluding tert-OH is 1. The Labute approximate surface area is 122 Å². The molecule has 8 heteroatoms. The van der Waals surface area contributed by atoms with E-state index in [0.717, 1.165) is 19.3 Å². The summed E-state index contributed by atoms with van der Waals surface area (Å²) in [4.78, 5) is 37.7. The minimum atomic E-state index is -1.46. The van der Waals surface area contributed by atoms with Gasteiger partial charge in [0.15, 0.2) is 6.10 Å². The second-order valence-corrected chi connectivity index (χ2v) is 5.48. The van der Waals surface area contributed by atoms with E-state index in [1.54, 1.807) is 0 Å². The number of amides is 3. The van der Waals surface area contributed by atoms with Gasteiger partial charge in [0.2, 0.25) is 5.91 Å². The SMILES string of the molecule is O=C(O)NC(CN1CCCCC1=O)C(O)C(=O)N1CCC1. The maximum Gasteiger partial charge on any atom is 0.405 e. The third kappa shape index (κ3) is 3.84. The fourth-order valence-electron chi connectivity index (χ4n) is 2.57. The Morgan fingerprint density at radius 1 is 1.19 bits per heavy atom. The van der Waals surface area contributed by atoms with Crippen molar-refractivity contribution in [1.82, 2.24) is 15.1 Å². The highest BCUT2D eigenvalue weighted by molar-refractivity contribution is 5.83. The molecule has 118 valence electrons. The molecule has 2 saturated heterocycles. The second-order valence-electron chi connectivity index (χ2n) is 5.48. The van der Waals surface area contributed by atoms with Crippen LogP contribution in [0.25, 0.3) is 0 Å². The van der Waals surface area contributed by atoms with Crippen LogP contribution in [0.5, 0.6) is 0 Å². The van der Waals surface area contributed by atoms with Gasteiger partial charge in [0, 0.05) is 32.6 Å². The molecule has 2 atom stereocenters. The van der Waals surface area contributed by atoms with Crippen LogP contribution in [0, 0.1) is 0 Å². The summed E-state index contributed by atoms with van der Waals surface area (Å²) in [6.07, 6.45) is 0.204. The number of hydrogen-bond acceptors (Lipinski definition) is 4. The van der Waals surface area contributed by atoms with Gasteiger partial charge in [-0.05, 0) is 19.3 Å². The minimum absolute atomic E-state index is 0.0197. The molecule has 0 saturated carbocycles. The van der Waals surface area contributed by atoms with Crippen LogP contribution in [-0.2, 0) is 9.59 Å². The first kappa shape index (κ1) is 15.6. The van der Waals surface area contributed by atoms with Crippen molar-refractivity contribution in [1.29, 1.82) is 0 Å². The summed E-state index contributed by atoms with van der Waals surface area (Å²) in [6.45, 7) is 1.71. The van der Waals surface area contributed by atoms with Crippen molar-refractivity contribution in [3.8, 4) is 0 Å². The van der Waals surface area contributed by atoms with E-state index in [-0.39, 0.29) is 12.5 Å². The van der Waals surface area contributed by atoms with Gasteiger partial charge in [-0.3, -0.25) is 9.59 Å². The molecule has 0 radical (unpaired) electrons. The van der Waals surface area contributed by atoms with Crippen molar-refractivity contribution in [3.63, 3.8) is 0 Å². The summed E-state index contributed by atoms with van der Waals surface area (Å²) >= 11 is 0. The molecule has 2 rings (SSSR count). The van der Waals surface area contributed by atoms with Crippen molar-refractivity contribution in [2.45, 2.75) is 37.8 Å². The van der Waals surface area contributed by atoms with E-state index in [9.17, 15) is 19.5 Å². The topological polar surface area (TPSA) is 110 Å². The second kappa shape index (κ2) is 6.75. The lowest BCUT2D eigenvalue weighted by Gasteiger charge is -2.36. The van der Waals surface area contributed by atoms with Crippen LogP contribution in [0.2, 0.25) is 0 Å². The smallest absolute Gasteiger partial charge is 0.405 e. The van der Waals surface area contributed by atoms with Gasteiger partial charge < -0.3 is 25.3 Å². The van der Waals surface area contributed by atoms with Crippen molar-refractivity contribution in [2.24, 2.45) is 0 Å². The van der Waals surface area contributed by atoms with E-state index in [2.05, 4.69) is 5.32 Å². The summed E-state index contributed by atoms with van der Waals surface area (Å²) in [7, 11) is 0. The number of carboxylic acid groups (broad SMARTS) is 1. The standard InChI is InChI=1S/C13H21N3O5/c17-10-4-1-2-5-16(10)8-9(14-13(20)21)11(18)12(19)15-6-3-7-15/h9,11,14,18H,1-8H2,(H,20,21). The molecule has 0 bridgehead atoms. The van der Waals surface area contributed by atoms with Crippen LogP contribution in [0.1, 0.15) is 25.7 Å². The van der Waals surface area contributed by atoms with E-state index < -0.39 is 24.1 Å². The zero-order valence-corrected chi connectivity index (χ0v) is 11.8. The van der Waals surface area contributed by atoms with Gasteiger partial charge in [0.1, 0.15) is 0 Å². The predicted octanol–water partition coefficient (Wildman–Crippen LogP) is -0.772. The Hall–Kier alpha value is -1.83. The average molecular weight is 299 g/mol. The first-order valence-electron chi connectivity index (χ1n) is 7.23. The number of rotatable bonds is 5. The van der Waals surface area contributed by atoms with E-state index in [1.807, 2.05) is 0 Å². The Balaban J connectivity index is 2.00. The summed E-state index contributed by atoms with van der Waals surface area (Å²) < 4.78 is 0. The highest BCUT2D eigenvalue weighted by atomic mass is 16.4. The maximum atomic E-state index is 12.0. The summed E-state index contributed by atoms with van der Waals surface area (Å²) in [5.74, 6) is -0.550. The molecule has 2 aliphatic rings. The van der Waals surface area contributed by atoms with Crippen molar-refractivity contribution < 1.29 is 24.6 Å². The first-order chi connectivity index (χ1) is 9.99. The maximum absolute atomic E-state index is 12.0. The van der Waals surface area contributed by atoms with E-state index in [0.29, 0.717) is 26.1 Å². The fraction of sp³-hybridized carbons (Fsp3) is 0.769. The number of nitrogens with one attached hydrogen (secondary N) is 1. The molecular weight excluding hydrogens is 278 g/mol. The summed E-state index contributed by atoms with van der Waals surface area (Å²) in [6, 6.07) is -1.00. The predicted molar refractivity (Wildman–Crippen MR) is 72.6 cm³/mol. The summed E-state index contributed by atoms with van der Waals surface area (Å²) in [5, 5.41) is 21.1. The van der Waals surface area contributed by atoms with Crippen LogP contribution in [-0.4, -0.2) is 76.2 Å². The number of carbonyl (C=O) groups excluding carboxylic acids is 2. The first-order valence-corrected chi connectivity index (χ1v) is 7.23. The Morgan fingerprint density at radius 2 is 1.90 bits per heavy atom. The molecule has 3 amide bonds. The van der Waals surface area contributed by atoms with Gasteiger partial charge in [0.05, 0.1) is 6.04 Å². The molecule has 2 unspecified atom stereocenters. The van der Waals surface area contributed by atoms with Crippen LogP contribution < -0.4 is 5.32 Å². The highest BCUT2D eigenvalue weighted by Crippen LogP contribution is 2.14. The molecule has 2 heterocycles. The van der Waals surface area contributed by atoms with Gasteiger partial charge in [-0.25, -0.2) is 4.79 Å². The Kier molecular flexibility index (Phi) is 5.00. The van der Waals surface area contributed by atoms with Crippen LogP contribution >= 0.6 is 0 Å². The third-order valence-corrected chi connectivity index (χ3v) is 3.95. The zero-order chi connectivity index (χ0) is 15.4. The quantitative estimate of drug-likeness (QED) is 0.617. The normalized spacial score (nSPS) is 21.5. The van der Waals surface area contributed by atoms with E-state index in [1.165, 1.54) is 9.80 Å². The van der Waals surface area contributed by atoms with Crippen LogP contribution in [0.15, 0.2) is 0 Å². The molecule has 0 aromatic rings. The van der Waals surface area contributed by atoms with Crippen molar-refractivity contribution >= 4 is 17.9 Å². The minimum Gasteiger partial charge on any atom is -0.465 e. The van der Waals surface area contributed by atoms with Gasteiger partial charge in [-0.15, -0.1) is 0 Å². The number of piperidine rings is 1. The monoisotopic (exact) mass is 299 g/mol. The number of aliphatic hydroxyl groups is 1. The highest BCUT2D eigenvalue weighted by Gasteiger charge is 2.35. The van der Waals surface area contributed by atoms with Gasteiger partial charge in [-0.2, -0.15) is 0 Å². The van der Waals surface area contributed by atoms with E-state index >= 15 is 0 Å². The number of likely N-dealkylation sites (tertiary alicyclic amines) is 2. The lowest BCUT2D eigenvalue weighted by molar-refractivity contribution is -0.146. The Bertz CT molecular complexity index is 424. The van der Waals surface area contributed by atoms with Crippen molar-refractivity contribution in [2.75, 3.05) is 26.2 Å². The van der Waals surface area contributed by atoms with E-state index in [4.69, 9.17) is 5.11 Å². The zero-order valence-electron chi connectivity index (χ0n) is 11.8. The Morgan fingerprint density at radius 3 is 2.43 bits per heavy atom. The molecule has 2 aliphatic heterocycles. The summed E-state index contributed by atoms with van der Waals surface area (Å²) in [5.41, 5.74) is 0. The molecule has 0 aliphatic carbocycles. The number of carbonyl (C=O) groups is 3. The number of hydrogen-bond donors (Lipinski definition) is 3. The molecule has 3 N–H and O–H groups in total. The fourth-order valence-corrected chi connectivity index (χ4v) is 2.57. The van der Waals surface area contributed by atoms with Gasteiger partial charge in [0.25, 0.3) is 5.91 Å². The molecular formula is C13H21N3O5. The average Bonchev–Trinajstić information content (AvgIpc) is 2.37. The lowest BCUT2D eigenvalue weighted by atomic mass is 10.0.